The van der Waals surface area contributed by atoms with Gasteiger partial charge in [-0.1, -0.05) is 41.0 Å². The van der Waals surface area contributed by atoms with Crippen LogP contribution < -0.4 is 15.2 Å². The molecule has 5 rings (SSSR count). The Morgan fingerprint density at radius 3 is 2.61 bits per heavy atom. The van der Waals surface area contributed by atoms with E-state index in [4.69, 9.17) is 11.6 Å². The predicted molar refractivity (Wildman–Crippen MR) is 153 cm³/mol. The van der Waals surface area contributed by atoms with E-state index in [-0.39, 0.29) is 45.7 Å². The molecule has 2 amide bonds. The first-order valence-corrected chi connectivity index (χ1v) is 15.6. The quantitative estimate of drug-likeness (QED) is 0.329. The van der Waals surface area contributed by atoms with Gasteiger partial charge in [-0.25, -0.2) is 27.2 Å². The van der Waals surface area contributed by atoms with Crippen LogP contribution in [0.15, 0.2) is 65.7 Å². The Bertz CT molecular complexity index is 1750. The number of carbonyl (C=O) groups excluding carboxylic acids is 2. The van der Waals surface area contributed by atoms with Crippen LogP contribution in [0.25, 0.3) is 0 Å². The fourth-order valence-electron chi connectivity index (χ4n) is 5.17. The number of halogens is 3. The summed E-state index contributed by atoms with van der Waals surface area (Å²) in [6, 6.07) is 12.3. The van der Waals surface area contributed by atoms with Crippen molar-refractivity contribution >= 4 is 44.9 Å². The summed E-state index contributed by atoms with van der Waals surface area (Å²) in [6.07, 6.45) is -0.228. The second-order valence-corrected chi connectivity index (χ2v) is 12.9. The molecule has 2 aromatic carbocycles. The summed E-state index contributed by atoms with van der Waals surface area (Å²) >= 11 is 6.54. The number of nitrogens with one attached hydrogen (secondary N) is 1. The molecule has 0 unspecified atom stereocenters. The number of amides is 2. The lowest BCUT2D eigenvalue weighted by molar-refractivity contribution is -0.153. The standard InChI is InChI=1S/C28H26ClF2N7O5S/c1-44(42,43)20-6-4-5-19(13-20)37(38(41)23-9-10-24(39)36(23)27-33-12-11-17(16-32)35-27)25(21-7-2-3-8-22(21)29)26(40)34-18-14-28(30,31)15-18/h2-8,11-13,18,23,25,41H,9-10,14-15H2,1H3,(H,34,40)/t23-,25+/m1/s1. The van der Waals surface area contributed by atoms with Crippen LogP contribution in [0, 0.1) is 11.3 Å². The maximum absolute atomic E-state index is 14.0. The number of nitrogens with zero attached hydrogens (tertiary/aromatic N) is 6. The predicted octanol–water partition coefficient (Wildman–Crippen LogP) is 3.63. The summed E-state index contributed by atoms with van der Waals surface area (Å²) in [4.78, 5) is 36.1. The topological polar surface area (TPSA) is 160 Å². The van der Waals surface area contributed by atoms with E-state index in [1.54, 1.807) is 12.1 Å². The minimum Gasteiger partial charge on any atom is -0.351 e. The largest absolute Gasteiger partial charge is 0.351 e. The van der Waals surface area contributed by atoms with Gasteiger partial charge in [-0.05, 0) is 36.8 Å². The smallest absolute Gasteiger partial charge is 0.252 e. The van der Waals surface area contributed by atoms with Gasteiger partial charge < -0.3 is 5.32 Å². The fourth-order valence-corrected chi connectivity index (χ4v) is 6.07. The van der Waals surface area contributed by atoms with Crippen LogP contribution in [0.2, 0.25) is 5.02 Å². The van der Waals surface area contributed by atoms with Gasteiger partial charge in [-0.15, -0.1) is 0 Å². The third-order valence-corrected chi connectivity index (χ3v) is 8.74. The summed E-state index contributed by atoms with van der Waals surface area (Å²) in [7, 11) is -3.77. The summed E-state index contributed by atoms with van der Waals surface area (Å²) < 4.78 is 52.3. The molecule has 12 nitrogen and oxygen atoms in total. The lowest BCUT2D eigenvalue weighted by Gasteiger charge is -2.43. The van der Waals surface area contributed by atoms with E-state index in [0.717, 1.165) is 16.2 Å². The number of hydrogen-bond acceptors (Lipinski definition) is 10. The molecule has 1 saturated carbocycles. The normalized spacial score (nSPS) is 18.9. The second-order valence-electron chi connectivity index (χ2n) is 10.5. The number of aromatic nitrogens is 2. The van der Waals surface area contributed by atoms with Crippen molar-refractivity contribution < 1.29 is 32.0 Å². The van der Waals surface area contributed by atoms with Gasteiger partial charge in [0.05, 0.1) is 10.6 Å². The minimum atomic E-state index is -3.77. The van der Waals surface area contributed by atoms with Crippen molar-refractivity contribution in [3.63, 3.8) is 0 Å². The number of hydroxylamine groups is 1. The number of hydrazine groups is 1. The van der Waals surface area contributed by atoms with E-state index in [2.05, 4.69) is 15.3 Å². The lowest BCUT2D eigenvalue weighted by Crippen LogP contribution is -2.59. The Balaban J connectivity index is 1.65. The molecule has 0 radical (unpaired) electrons. The zero-order chi connectivity index (χ0) is 31.8. The van der Waals surface area contributed by atoms with Crippen molar-refractivity contribution in [2.75, 3.05) is 16.2 Å². The maximum atomic E-state index is 14.0. The molecule has 44 heavy (non-hydrogen) atoms. The first-order valence-electron chi connectivity index (χ1n) is 13.3. The number of sulfone groups is 1. The Morgan fingerprint density at radius 1 is 1.23 bits per heavy atom. The van der Waals surface area contributed by atoms with E-state index < -0.39 is 58.7 Å². The van der Waals surface area contributed by atoms with Crippen LogP contribution in [0.5, 0.6) is 0 Å². The molecule has 2 N–H and O–H groups in total. The van der Waals surface area contributed by atoms with Crippen molar-refractivity contribution in [2.24, 2.45) is 0 Å². The molecule has 1 aromatic heterocycles. The lowest BCUT2D eigenvalue weighted by atomic mass is 9.88. The summed E-state index contributed by atoms with van der Waals surface area (Å²) in [5.41, 5.74) is 0.113. The van der Waals surface area contributed by atoms with E-state index in [0.29, 0.717) is 5.17 Å². The van der Waals surface area contributed by atoms with Crippen LogP contribution in [-0.2, 0) is 19.4 Å². The minimum absolute atomic E-state index is 0.000395. The van der Waals surface area contributed by atoms with Gasteiger partial charge in [0, 0.05) is 48.3 Å². The average molecular weight is 646 g/mol. The molecule has 2 fully saturated rings. The molecule has 0 bridgehead atoms. The van der Waals surface area contributed by atoms with Crippen LogP contribution in [-0.4, -0.2) is 65.0 Å². The highest BCUT2D eigenvalue weighted by molar-refractivity contribution is 7.90. The third-order valence-electron chi connectivity index (χ3n) is 7.28. The Hall–Kier alpha value is -4.23. The van der Waals surface area contributed by atoms with Crippen LogP contribution in [0.3, 0.4) is 0 Å². The second kappa shape index (κ2) is 12.0. The molecule has 2 aliphatic rings. The summed E-state index contributed by atoms with van der Waals surface area (Å²) in [5, 5.41) is 25.6. The van der Waals surface area contributed by atoms with Crippen molar-refractivity contribution in [2.45, 2.75) is 54.8 Å². The van der Waals surface area contributed by atoms with Gasteiger partial charge in [-0.2, -0.15) is 5.26 Å². The first-order chi connectivity index (χ1) is 20.8. The number of anilines is 2. The molecule has 230 valence electrons. The molecule has 1 aliphatic carbocycles. The Labute approximate surface area is 256 Å². The number of benzene rings is 2. The monoisotopic (exact) mass is 645 g/mol. The zero-order valence-electron chi connectivity index (χ0n) is 23.1. The summed E-state index contributed by atoms with van der Waals surface area (Å²) in [6.45, 7) is 0. The van der Waals surface area contributed by atoms with Crippen LogP contribution in [0.1, 0.15) is 43.0 Å². The molecule has 3 aromatic rings. The zero-order valence-corrected chi connectivity index (χ0v) is 24.7. The van der Waals surface area contributed by atoms with Crippen molar-refractivity contribution in [3.8, 4) is 6.07 Å². The number of nitriles is 1. The van der Waals surface area contributed by atoms with Crippen molar-refractivity contribution in [1.82, 2.24) is 20.5 Å². The van der Waals surface area contributed by atoms with Crippen LogP contribution >= 0.6 is 11.6 Å². The van der Waals surface area contributed by atoms with Gasteiger partial charge in [0.2, 0.25) is 17.8 Å². The van der Waals surface area contributed by atoms with Gasteiger partial charge in [-0.3, -0.25) is 24.7 Å². The average Bonchev–Trinajstić information content (AvgIpc) is 3.36. The molecule has 0 spiro atoms. The number of rotatable bonds is 9. The van der Waals surface area contributed by atoms with E-state index in [9.17, 15) is 37.3 Å². The van der Waals surface area contributed by atoms with E-state index in [1.807, 2.05) is 6.07 Å². The number of alkyl halides is 2. The molecule has 1 aliphatic heterocycles. The Kier molecular flexibility index (Phi) is 8.54. The van der Waals surface area contributed by atoms with Crippen molar-refractivity contribution in [3.05, 3.63) is 77.1 Å². The molecular weight excluding hydrogens is 620 g/mol. The van der Waals surface area contributed by atoms with Gasteiger partial charge >= 0.3 is 0 Å². The molecule has 2 heterocycles. The van der Waals surface area contributed by atoms with E-state index >= 15 is 0 Å². The number of hydrogen-bond donors (Lipinski definition) is 2. The maximum Gasteiger partial charge on any atom is 0.252 e. The van der Waals surface area contributed by atoms with Gasteiger partial charge in [0.1, 0.15) is 17.9 Å². The van der Waals surface area contributed by atoms with Gasteiger partial charge in [0.15, 0.2) is 15.9 Å². The highest BCUT2D eigenvalue weighted by Gasteiger charge is 2.48. The van der Waals surface area contributed by atoms with Gasteiger partial charge in [0.25, 0.3) is 5.92 Å². The first kappa shape index (κ1) is 31.2. The number of carbonyl (C=O) groups is 2. The molecule has 2 atom stereocenters. The fraction of sp³-hybridized carbons (Fsp3) is 0.321. The Morgan fingerprint density at radius 2 is 1.95 bits per heavy atom. The molecule has 16 heteroatoms. The van der Waals surface area contributed by atoms with Crippen LogP contribution in [0.4, 0.5) is 20.4 Å². The third kappa shape index (κ3) is 6.34. The highest BCUT2D eigenvalue weighted by atomic mass is 35.5. The SMILES string of the molecule is CS(=O)(=O)c1cccc(N([C@H](C(=O)NC2CC(F)(F)C2)c2ccccc2Cl)N(O)[C@@H]2CCC(=O)N2c2nccc(C#N)n2)c1. The van der Waals surface area contributed by atoms with Crippen molar-refractivity contribution in [1.29, 1.82) is 5.26 Å². The molecule has 1 saturated heterocycles. The summed E-state index contributed by atoms with van der Waals surface area (Å²) in [5.74, 6) is -4.44. The van der Waals surface area contributed by atoms with E-state index in [1.165, 1.54) is 48.7 Å². The molecular formula is C28H26ClF2N7O5S. The highest BCUT2D eigenvalue weighted by Crippen LogP contribution is 2.40.